The highest BCUT2D eigenvalue weighted by atomic mass is 32.1. The van der Waals surface area contributed by atoms with Crippen molar-refractivity contribution in [3.63, 3.8) is 0 Å². The molecule has 0 aliphatic heterocycles. The number of hydrogen-bond acceptors (Lipinski definition) is 6. The molecule has 2 N–H and O–H groups in total. The summed E-state index contributed by atoms with van der Waals surface area (Å²) in [5, 5.41) is 14.6. The minimum atomic E-state index is -0.102. The molecule has 0 unspecified atom stereocenters. The van der Waals surface area contributed by atoms with Crippen LogP contribution >= 0.6 is 11.3 Å². The van der Waals surface area contributed by atoms with E-state index in [-0.39, 0.29) is 12.5 Å². The molecular formula is C16H14N2O3S. The molecule has 0 amide bonds. The standard InChI is InChI=1S/C16H14N2O3S/c19-8-12-9-22-16-13(6-14(21-10-20)18-15(12)16)17-7-11-4-2-1-3-5-11/h1-6,9-10,19H,7-8H2,(H,17,18). The Morgan fingerprint density at radius 1 is 1.32 bits per heavy atom. The summed E-state index contributed by atoms with van der Waals surface area (Å²) in [5.41, 5.74) is 3.35. The molecule has 0 saturated heterocycles. The lowest BCUT2D eigenvalue weighted by Crippen LogP contribution is -2.01. The summed E-state index contributed by atoms with van der Waals surface area (Å²) >= 11 is 1.50. The van der Waals surface area contributed by atoms with Crippen LogP contribution in [0.3, 0.4) is 0 Å². The van der Waals surface area contributed by atoms with E-state index in [4.69, 9.17) is 4.74 Å². The van der Waals surface area contributed by atoms with Gasteiger partial charge in [-0.1, -0.05) is 30.3 Å². The Bertz CT molecular complexity index is 787. The smallest absolute Gasteiger partial charge is 0.299 e. The predicted octanol–water partition coefficient (Wildman–Crippen LogP) is 2.94. The van der Waals surface area contributed by atoms with E-state index in [9.17, 15) is 9.90 Å². The second-order valence-electron chi connectivity index (χ2n) is 4.66. The first-order chi connectivity index (χ1) is 10.8. The molecular weight excluding hydrogens is 300 g/mol. The summed E-state index contributed by atoms with van der Waals surface area (Å²) in [5.74, 6) is 0.214. The van der Waals surface area contributed by atoms with Gasteiger partial charge in [0.2, 0.25) is 5.88 Å². The Labute approximate surface area is 131 Å². The molecule has 0 saturated carbocycles. The summed E-state index contributed by atoms with van der Waals surface area (Å²) in [4.78, 5) is 14.8. The summed E-state index contributed by atoms with van der Waals surface area (Å²) in [6.07, 6.45) is 0. The van der Waals surface area contributed by atoms with Gasteiger partial charge in [-0.15, -0.1) is 11.3 Å². The third kappa shape index (κ3) is 2.93. The molecule has 0 aliphatic rings. The number of ether oxygens (including phenoxy) is 1. The number of pyridine rings is 1. The van der Waals surface area contributed by atoms with E-state index in [1.54, 1.807) is 6.07 Å². The number of aliphatic hydroxyl groups is 1. The lowest BCUT2D eigenvalue weighted by Gasteiger charge is -2.09. The number of anilines is 1. The maximum absolute atomic E-state index is 10.6. The van der Waals surface area contributed by atoms with Crippen LogP contribution in [-0.2, 0) is 17.9 Å². The predicted molar refractivity (Wildman–Crippen MR) is 86.0 cm³/mol. The molecule has 0 aliphatic carbocycles. The summed E-state index contributed by atoms with van der Waals surface area (Å²) in [6, 6.07) is 11.7. The van der Waals surface area contributed by atoms with Crippen LogP contribution < -0.4 is 10.1 Å². The number of rotatable bonds is 6. The maximum atomic E-state index is 10.6. The number of fused-ring (bicyclic) bond motifs is 1. The third-order valence-corrected chi connectivity index (χ3v) is 4.29. The zero-order chi connectivity index (χ0) is 15.4. The van der Waals surface area contributed by atoms with Crippen molar-refractivity contribution in [1.29, 1.82) is 0 Å². The minimum Gasteiger partial charge on any atom is -0.410 e. The fraction of sp³-hybridized carbons (Fsp3) is 0.125. The second kappa shape index (κ2) is 6.55. The molecule has 6 heteroatoms. The van der Waals surface area contributed by atoms with Gasteiger partial charge in [-0.25, -0.2) is 4.98 Å². The molecule has 0 spiro atoms. The Morgan fingerprint density at radius 3 is 2.86 bits per heavy atom. The molecule has 5 nitrogen and oxygen atoms in total. The van der Waals surface area contributed by atoms with Crippen molar-refractivity contribution in [3.8, 4) is 5.88 Å². The van der Waals surface area contributed by atoms with E-state index in [0.29, 0.717) is 18.5 Å². The van der Waals surface area contributed by atoms with Gasteiger partial charge in [0.15, 0.2) is 0 Å². The van der Waals surface area contributed by atoms with Gasteiger partial charge < -0.3 is 15.2 Å². The number of thiophene rings is 1. The van der Waals surface area contributed by atoms with E-state index in [0.717, 1.165) is 21.5 Å². The molecule has 3 rings (SSSR count). The van der Waals surface area contributed by atoms with Crippen molar-refractivity contribution in [3.05, 3.63) is 52.9 Å². The molecule has 2 heterocycles. The van der Waals surface area contributed by atoms with Gasteiger partial charge in [0.1, 0.15) is 0 Å². The lowest BCUT2D eigenvalue weighted by atomic mass is 10.2. The summed E-state index contributed by atoms with van der Waals surface area (Å²) < 4.78 is 5.80. The van der Waals surface area contributed by atoms with Gasteiger partial charge in [-0.05, 0) is 10.9 Å². The Kier molecular flexibility index (Phi) is 4.32. The van der Waals surface area contributed by atoms with Gasteiger partial charge >= 0.3 is 0 Å². The Morgan fingerprint density at radius 2 is 2.14 bits per heavy atom. The molecule has 3 aromatic rings. The highest BCUT2D eigenvalue weighted by molar-refractivity contribution is 7.18. The minimum absolute atomic E-state index is 0.102. The average Bonchev–Trinajstić information content (AvgIpc) is 2.97. The lowest BCUT2D eigenvalue weighted by molar-refractivity contribution is -0.120. The van der Waals surface area contributed by atoms with Gasteiger partial charge in [0.25, 0.3) is 6.47 Å². The molecule has 2 aromatic heterocycles. The number of carbonyl (C=O) groups is 1. The van der Waals surface area contributed by atoms with Gasteiger partial charge in [0, 0.05) is 18.2 Å². The summed E-state index contributed by atoms with van der Waals surface area (Å²) in [7, 11) is 0. The van der Waals surface area contributed by atoms with Gasteiger partial charge in [-0.3, -0.25) is 4.79 Å². The van der Waals surface area contributed by atoms with E-state index >= 15 is 0 Å². The van der Waals surface area contributed by atoms with Crippen LogP contribution in [0.1, 0.15) is 11.1 Å². The molecule has 0 bridgehead atoms. The van der Waals surface area contributed by atoms with E-state index < -0.39 is 0 Å². The number of nitrogens with zero attached hydrogens (tertiary/aromatic N) is 1. The van der Waals surface area contributed by atoms with Crippen molar-refractivity contribution < 1.29 is 14.6 Å². The van der Waals surface area contributed by atoms with Crippen LogP contribution in [0.25, 0.3) is 10.2 Å². The van der Waals surface area contributed by atoms with Crippen molar-refractivity contribution in [1.82, 2.24) is 4.98 Å². The quantitative estimate of drug-likeness (QED) is 0.685. The number of nitrogens with one attached hydrogen (secondary N) is 1. The number of aliphatic hydroxyl groups excluding tert-OH is 1. The molecule has 0 radical (unpaired) electrons. The van der Waals surface area contributed by atoms with Crippen LogP contribution in [0.15, 0.2) is 41.8 Å². The second-order valence-corrected chi connectivity index (χ2v) is 5.54. The first-order valence-electron chi connectivity index (χ1n) is 6.72. The zero-order valence-electron chi connectivity index (χ0n) is 11.7. The Hall–Kier alpha value is -2.44. The van der Waals surface area contributed by atoms with Crippen molar-refractivity contribution >= 4 is 33.7 Å². The van der Waals surface area contributed by atoms with E-state index in [1.165, 1.54) is 11.3 Å². The number of hydrogen-bond donors (Lipinski definition) is 2. The van der Waals surface area contributed by atoms with Crippen molar-refractivity contribution in [2.45, 2.75) is 13.2 Å². The largest absolute Gasteiger partial charge is 0.410 e. The first-order valence-corrected chi connectivity index (χ1v) is 7.60. The van der Waals surface area contributed by atoms with Crippen LogP contribution in [0.5, 0.6) is 5.88 Å². The summed E-state index contributed by atoms with van der Waals surface area (Å²) in [6.45, 7) is 0.892. The topological polar surface area (TPSA) is 71.5 Å². The normalized spacial score (nSPS) is 10.6. The average molecular weight is 314 g/mol. The van der Waals surface area contributed by atoms with Crippen LogP contribution in [0.4, 0.5) is 5.69 Å². The van der Waals surface area contributed by atoms with Gasteiger partial charge in [0.05, 0.1) is 22.5 Å². The van der Waals surface area contributed by atoms with Crippen molar-refractivity contribution in [2.75, 3.05) is 5.32 Å². The maximum Gasteiger partial charge on any atom is 0.299 e. The third-order valence-electron chi connectivity index (χ3n) is 3.24. The number of carbonyl (C=O) groups excluding carboxylic acids is 1. The van der Waals surface area contributed by atoms with E-state index in [1.807, 2.05) is 35.7 Å². The molecule has 0 fully saturated rings. The van der Waals surface area contributed by atoms with Crippen LogP contribution in [0, 0.1) is 0 Å². The van der Waals surface area contributed by atoms with Crippen molar-refractivity contribution in [2.24, 2.45) is 0 Å². The molecule has 112 valence electrons. The first kappa shape index (κ1) is 14.5. The fourth-order valence-corrected chi connectivity index (χ4v) is 3.17. The SMILES string of the molecule is O=COc1cc(NCc2ccccc2)c2scc(CO)c2n1. The highest BCUT2D eigenvalue weighted by Crippen LogP contribution is 2.34. The molecule has 22 heavy (non-hydrogen) atoms. The molecule has 1 aromatic carbocycles. The number of aromatic nitrogens is 1. The highest BCUT2D eigenvalue weighted by Gasteiger charge is 2.12. The zero-order valence-corrected chi connectivity index (χ0v) is 12.5. The number of benzene rings is 1. The molecule has 0 atom stereocenters. The fourth-order valence-electron chi connectivity index (χ4n) is 2.18. The Balaban J connectivity index is 1.96. The van der Waals surface area contributed by atoms with Crippen LogP contribution in [0.2, 0.25) is 0 Å². The monoisotopic (exact) mass is 314 g/mol. The van der Waals surface area contributed by atoms with E-state index in [2.05, 4.69) is 10.3 Å². The van der Waals surface area contributed by atoms with Crippen LogP contribution in [-0.4, -0.2) is 16.6 Å². The van der Waals surface area contributed by atoms with Gasteiger partial charge in [-0.2, -0.15) is 0 Å².